The number of amides is 2. The highest BCUT2D eigenvalue weighted by Gasteiger charge is 2.20. The summed E-state index contributed by atoms with van der Waals surface area (Å²) in [6.45, 7) is 3.53. The van der Waals surface area contributed by atoms with Gasteiger partial charge < -0.3 is 10.6 Å². The van der Waals surface area contributed by atoms with Crippen LogP contribution in [0.3, 0.4) is 0 Å². The molecule has 21 heavy (non-hydrogen) atoms. The molecule has 1 rings (SSSR count). The molecule has 1 atom stereocenters. The smallest absolute Gasteiger partial charge is 0.251 e. The van der Waals surface area contributed by atoms with Crippen LogP contribution in [0.15, 0.2) is 43.0 Å². The third-order valence-corrected chi connectivity index (χ3v) is 3.56. The number of nitriles is 1. The molecular formula is C15H17N3O2S. The fourth-order valence-corrected chi connectivity index (χ4v) is 2.31. The summed E-state index contributed by atoms with van der Waals surface area (Å²) in [6.07, 6.45) is 1.73. The number of rotatable bonds is 8. The molecule has 5 nitrogen and oxygen atoms in total. The molecule has 2 N–H and O–H groups in total. The Hall–Kier alpha value is -2.26. The second-order valence-corrected chi connectivity index (χ2v) is 5.17. The van der Waals surface area contributed by atoms with Gasteiger partial charge >= 0.3 is 0 Å². The van der Waals surface area contributed by atoms with Gasteiger partial charge in [0.15, 0.2) is 0 Å². The lowest BCUT2D eigenvalue weighted by Gasteiger charge is -2.17. The predicted molar refractivity (Wildman–Crippen MR) is 83.8 cm³/mol. The fraction of sp³-hybridized carbons (Fsp3) is 0.267. The summed E-state index contributed by atoms with van der Waals surface area (Å²) in [5.74, 6) is 0.426. The molecule has 0 unspecified atom stereocenters. The van der Waals surface area contributed by atoms with Gasteiger partial charge in [0, 0.05) is 17.1 Å². The minimum absolute atomic E-state index is 0.0807. The van der Waals surface area contributed by atoms with E-state index >= 15 is 0 Å². The van der Waals surface area contributed by atoms with Crippen LogP contribution in [0.1, 0.15) is 10.4 Å². The molecule has 0 spiro atoms. The van der Waals surface area contributed by atoms with Crippen molar-refractivity contribution in [1.82, 2.24) is 10.6 Å². The van der Waals surface area contributed by atoms with Crippen LogP contribution in [-0.4, -0.2) is 35.9 Å². The lowest BCUT2D eigenvalue weighted by molar-refractivity contribution is -0.122. The molecular weight excluding hydrogens is 286 g/mol. The molecule has 0 radical (unpaired) electrons. The van der Waals surface area contributed by atoms with Crippen molar-refractivity contribution in [3.63, 3.8) is 0 Å². The Morgan fingerprint density at radius 2 is 2.10 bits per heavy atom. The molecule has 0 heterocycles. The lowest BCUT2D eigenvalue weighted by atomic mass is 10.2. The molecule has 0 saturated carbocycles. The molecule has 2 amide bonds. The Labute approximate surface area is 128 Å². The summed E-state index contributed by atoms with van der Waals surface area (Å²) < 4.78 is 0. The number of benzene rings is 1. The second kappa shape index (κ2) is 9.61. The average Bonchev–Trinajstić information content (AvgIpc) is 2.52. The number of carbonyl (C=O) groups excluding carboxylic acids is 2. The summed E-state index contributed by atoms with van der Waals surface area (Å²) in [6, 6.07) is 9.83. The van der Waals surface area contributed by atoms with Crippen molar-refractivity contribution >= 4 is 23.6 Å². The van der Waals surface area contributed by atoms with E-state index in [1.54, 1.807) is 30.3 Å². The Balaban J connectivity index is 2.67. The first-order chi connectivity index (χ1) is 10.2. The first-order valence-electron chi connectivity index (χ1n) is 6.38. The third kappa shape index (κ3) is 6.15. The Bertz CT molecular complexity index is 525. The standard InChI is InChI=1S/C15H17N3O2S/c1-2-10-21-11-13(15(20)17-9-8-16)18-14(19)12-6-4-3-5-7-12/h2-7,13H,1,9-11H2,(H,17,20)(H,18,19)/t13-/m1/s1. The predicted octanol–water partition coefficient (Wildman–Crippen LogP) is 1.34. The highest BCUT2D eigenvalue weighted by atomic mass is 32.2. The molecule has 1 aromatic rings. The normalized spacial score (nSPS) is 11.0. The number of nitrogens with zero attached hydrogens (tertiary/aromatic N) is 1. The van der Waals surface area contributed by atoms with E-state index in [1.165, 1.54) is 11.8 Å². The molecule has 0 aliphatic rings. The van der Waals surface area contributed by atoms with Gasteiger partial charge in [-0.3, -0.25) is 9.59 Å². The maximum absolute atomic E-state index is 12.1. The SMILES string of the molecule is C=CCSC[C@@H](NC(=O)c1ccccc1)C(=O)NCC#N. The van der Waals surface area contributed by atoms with Crippen LogP contribution in [0.2, 0.25) is 0 Å². The minimum Gasteiger partial charge on any atom is -0.341 e. The Kier molecular flexibility index (Phi) is 7.69. The molecule has 0 bridgehead atoms. The van der Waals surface area contributed by atoms with Crippen molar-refractivity contribution in [2.45, 2.75) is 6.04 Å². The summed E-state index contributed by atoms with van der Waals surface area (Å²) in [5.41, 5.74) is 0.490. The number of nitrogens with one attached hydrogen (secondary N) is 2. The Morgan fingerprint density at radius 3 is 2.71 bits per heavy atom. The van der Waals surface area contributed by atoms with Crippen LogP contribution in [0, 0.1) is 11.3 Å². The van der Waals surface area contributed by atoms with E-state index < -0.39 is 6.04 Å². The average molecular weight is 303 g/mol. The van der Waals surface area contributed by atoms with Gasteiger partial charge in [0.2, 0.25) is 5.91 Å². The van der Waals surface area contributed by atoms with E-state index in [4.69, 9.17) is 5.26 Å². The van der Waals surface area contributed by atoms with Crippen molar-refractivity contribution in [2.75, 3.05) is 18.1 Å². The molecule has 0 fully saturated rings. The first kappa shape index (κ1) is 16.8. The van der Waals surface area contributed by atoms with Crippen molar-refractivity contribution in [2.24, 2.45) is 0 Å². The van der Waals surface area contributed by atoms with Crippen LogP contribution in [-0.2, 0) is 4.79 Å². The molecule has 0 aliphatic carbocycles. The minimum atomic E-state index is -0.684. The van der Waals surface area contributed by atoms with Gasteiger partial charge in [0.25, 0.3) is 5.91 Å². The summed E-state index contributed by atoms with van der Waals surface area (Å²) in [5, 5.41) is 13.6. The number of hydrogen-bond donors (Lipinski definition) is 2. The van der Waals surface area contributed by atoms with Crippen LogP contribution < -0.4 is 10.6 Å². The zero-order valence-corrected chi connectivity index (χ0v) is 12.4. The van der Waals surface area contributed by atoms with E-state index in [0.717, 1.165) is 0 Å². The monoisotopic (exact) mass is 303 g/mol. The van der Waals surface area contributed by atoms with E-state index in [-0.39, 0.29) is 18.4 Å². The molecule has 0 saturated heterocycles. The highest BCUT2D eigenvalue weighted by molar-refractivity contribution is 7.99. The Morgan fingerprint density at radius 1 is 1.38 bits per heavy atom. The molecule has 1 aromatic carbocycles. The molecule has 0 aliphatic heterocycles. The van der Waals surface area contributed by atoms with Crippen LogP contribution in [0.25, 0.3) is 0 Å². The largest absolute Gasteiger partial charge is 0.341 e. The quantitative estimate of drug-likeness (QED) is 0.431. The maximum atomic E-state index is 12.1. The zero-order chi connectivity index (χ0) is 15.5. The van der Waals surface area contributed by atoms with Gasteiger partial charge in [-0.15, -0.1) is 6.58 Å². The van der Waals surface area contributed by atoms with Gasteiger partial charge in [0.1, 0.15) is 12.6 Å². The number of carbonyl (C=O) groups is 2. The van der Waals surface area contributed by atoms with Gasteiger partial charge in [-0.25, -0.2) is 0 Å². The number of thioether (sulfide) groups is 1. The van der Waals surface area contributed by atoms with Crippen molar-refractivity contribution in [3.8, 4) is 6.07 Å². The molecule has 0 aromatic heterocycles. The van der Waals surface area contributed by atoms with Crippen molar-refractivity contribution in [3.05, 3.63) is 48.6 Å². The number of hydrogen-bond acceptors (Lipinski definition) is 4. The van der Waals surface area contributed by atoms with Crippen molar-refractivity contribution < 1.29 is 9.59 Å². The summed E-state index contributed by atoms with van der Waals surface area (Å²) in [4.78, 5) is 24.0. The van der Waals surface area contributed by atoms with E-state index in [9.17, 15) is 9.59 Å². The highest BCUT2D eigenvalue weighted by Crippen LogP contribution is 2.05. The first-order valence-corrected chi connectivity index (χ1v) is 7.53. The van der Waals surface area contributed by atoms with E-state index in [1.807, 2.05) is 12.1 Å². The van der Waals surface area contributed by atoms with Crippen molar-refractivity contribution in [1.29, 1.82) is 5.26 Å². The summed E-state index contributed by atoms with van der Waals surface area (Å²) in [7, 11) is 0. The van der Waals surface area contributed by atoms with Crippen LogP contribution in [0.5, 0.6) is 0 Å². The zero-order valence-electron chi connectivity index (χ0n) is 11.5. The molecule has 110 valence electrons. The van der Waals surface area contributed by atoms with Crippen LogP contribution >= 0.6 is 11.8 Å². The van der Waals surface area contributed by atoms with Gasteiger partial charge in [-0.05, 0) is 12.1 Å². The van der Waals surface area contributed by atoms with Gasteiger partial charge in [0.05, 0.1) is 6.07 Å². The van der Waals surface area contributed by atoms with Gasteiger partial charge in [-0.1, -0.05) is 24.3 Å². The second-order valence-electron chi connectivity index (χ2n) is 4.09. The van der Waals surface area contributed by atoms with Gasteiger partial charge in [-0.2, -0.15) is 17.0 Å². The third-order valence-electron chi connectivity index (χ3n) is 2.52. The molecule has 6 heteroatoms. The topological polar surface area (TPSA) is 82.0 Å². The lowest BCUT2D eigenvalue weighted by Crippen LogP contribution is -2.48. The summed E-state index contributed by atoms with van der Waals surface area (Å²) >= 11 is 1.48. The van der Waals surface area contributed by atoms with Crippen LogP contribution in [0.4, 0.5) is 0 Å². The van der Waals surface area contributed by atoms with E-state index in [0.29, 0.717) is 17.1 Å². The van der Waals surface area contributed by atoms with E-state index in [2.05, 4.69) is 17.2 Å². The maximum Gasteiger partial charge on any atom is 0.251 e. The fourth-order valence-electron chi connectivity index (χ4n) is 1.53.